The van der Waals surface area contributed by atoms with Crippen LogP contribution >= 0.6 is 0 Å². The van der Waals surface area contributed by atoms with Crippen LogP contribution in [-0.4, -0.2) is 11.2 Å². The summed E-state index contributed by atoms with van der Waals surface area (Å²) in [5, 5.41) is 10.7. The molecule has 2 aromatic rings. The fourth-order valence-corrected chi connectivity index (χ4v) is 2.15. The molecule has 0 aliphatic heterocycles. The van der Waals surface area contributed by atoms with Gasteiger partial charge in [-0.3, -0.25) is 0 Å². The van der Waals surface area contributed by atoms with E-state index in [1.165, 1.54) is 0 Å². The molecule has 0 aromatic heterocycles. The highest BCUT2D eigenvalue weighted by molar-refractivity contribution is 5.84. The Morgan fingerprint density at radius 3 is 1.90 bits per heavy atom. The molecule has 0 spiro atoms. The third-order valence-electron chi connectivity index (χ3n) is 3.34. The first-order valence-electron chi connectivity index (χ1n) is 6.98. The highest BCUT2D eigenvalue weighted by atomic mass is 16.3. The first-order chi connectivity index (χ1) is 9.48. The maximum Gasteiger partial charge on any atom is 0.0844 e. The van der Waals surface area contributed by atoms with Crippen molar-refractivity contribution in [3.63, 3.8) is 0 Å². The van der Waals surface area contributed by atoms with Gasteiger partial charge in [0, 0.05) is 0 Å². The topological polar surface area (TPSA) is 20.2 Å². The fraction of sp³-hybridized carbons (Fsp3) is 0.263. The summed E-state index contributed by atoms with van der Waals surface area (Å²) in [5.74, 6) is 0. The van der Waals surface area contributed by atoms with Crippen LogP contribution in [0.15, 0.2) is 60.7 Å². The maximum atomic E-state index is 10.7. The molecular weight excluding hydrogens is 244 g/mol. The molecule has 1 atom stereocenters. The average molecular weight is 266 g/mol. The van der Waals surface area contributed by atoms with E-state index >= 15 is 0 Å². The molecule has 1 unspecified atom stereocenters. The van der Waals surface area contributed by atoms with Crippen molar-refractivity contribution >= 4 is 11.6 Å². The number of hydrogen-bond donors (Lipinski definition) is 1. The van der Waals surface area contributed by atoms with Crippen LogP contribution in [0.1, 0.15) is 31.9 Å². The third-order valence-corrected chi connectivity index (χ3v) is 3.34. The molecule has 0 saturated heterocycles. The van der Waals surface area contributed by atoms with E-state index in [0.29, 0.717) is 0 Å². The molecule has 0 aliphatic carbocycles. The van der Waals surface area contributed by atoms with Crippen LogP contribution in [0.4, 0.5) is 0 Å². The van der Waals surface area contributed by atoms with E-state index in [-0.39, 0.29) is 5.41 Å². The van der Waals surface area contributed by atoms with E-state index in [9.17, 15) is 5.11 Å². The largest absolute Gasteiger partial charge is 0.388 e. The van der Waals surface area contributed by atoms with Crippen molar-refractivity contribution in [2.45, 2.75) is 26.9 Å². The predicted octanol–water partition coefficient (Wildman–Crippen LogP) is 4.63. The lowest BCUT2D eigenvalue weighted by Gasteiger charge is -2.28. The number of aliphatic hydroxyl groups excluding tert-OH is 1. The van der Waals surface area contributed by atoms with Gasteiger partial charge in [-0.2, -0.15) is 0 Å². The summed E-state index contributed by atoms with van der Waals surface area (Å²) in [7, 11) is 0. The minimum atomic E-state index is -0.509. The van der Waals surface area contributed by atoms with Crippen LogP contribution in [-0.2, 0) is 0 Å². The van der Waals surface area contributed by atoms with Gasteiger partial charge in [0.1, 0.15) is 0 Å². The van der Waals surface area contributed by atoms with Gasteiger partial charge in [-0.25, -0.2) is 0 Å². The number of hydrogen-bond acceptors (Lipinski definition) is 1. The maximum absolute atomic E-state index is 10.7. The molecule has 0 bridgehead atoms. The summed E-state index contributed by atoms with van der Waals surface area (Å²) in [6.45, 7) is 6.17. The van der Waals surface area contributed by atoms with Gasteiger partial charge >= 0.3 is 0 Å². The molecule has 20 heavy (non-hydrogen) atoms. The van der Waals surface area contributed by atoms with Gasteiger partial charge in [0.05, 0.1) is 6.10 Å². The molecule has 0 aliphatic rings. The van der Waals surface area contributed by atoms with Gasteiger partial charge < -0.3 is 5.11 Å². The van der Waals surface area contributed by atoms with Crippen molar-refractivity contribution in [3.05, 3.63) is 71.8 Å². The molecular formula is C19H22O. The van der Waals surface area contributed by atoms with E-state index in [4.69, 9.17) is 0 Å². The Morgan fingerprint density at radius 2 is 1.40 bits per heavy atom. The highest BCUT2D eigenvalue weighted by Gasteiger charge is 2.26. The first kappa shape index (κ1) is 14.5. The van der Waals surface area contributed by atoms with E-state index in [1.54, 1.807) is 0 Å². The number of benzene rings is 2. The van der Waals surface area contributed by atoms with Crippen LogP contribution in [0.3, 0.4) is 0 Å². The molecule has 0 saturated carbocycles. The summed E-state index contributed by atoms with van der Waals surface area (Å²) in [4.78, 5) is 0. The van der Waals surface area contributed by atoms with Crippen LogP contribution in [0, 0.1) is 5.41 Å². The lowest BCUT2D eigenvalue weighted by atomic mass is 9.81. The van der Waals surface area contributed by atoms with Gasteiger partial charge in [-0.1, -0.05) is 81.4 Å². The monoisotopic (exact) mass is 266 g/mol. The molecule has 0 amide bonds. The minimum Gasteiger partial charge on any atom is -0.388 e. The van der Waals surface area contributed by atoms with Gasteiger partial charge in [0.15, 0.2) is 0 Å². The quantitative estimate of drug-likeness (QED) is 0.803. The molecule has 1 nitrogen and oxygen atoms in total. The second kappa shape index (κ2) is 6.06. The molecule has 0 heterocycles. The Hall–Kier alpha value is -1.86. The van der Waals surface area contributed by atoms with Crippen molar-refractivity contribution in [1.29, 1.82) is 0 Å². The normalized spacial score (nSPS) is 14.1. The Bertz CT molecular complexity index is 562. The van der Waals surface area contributed by atoms with E-state index in [0.717, 1.165) is 16.7 Å². The summed E-state index contributed by atoms with van der Waals surface area (Å²) in [6.07, 6.45) is 1.57. The summed E-state index contributed by atoms with van der Waals surface area (Å²) in [6, 6.07) is 20.2. The predicted molar refractivity (Wildman–Crippen MR) is 86.2 cm³/mol. The summed E-state index contributed by atoms with van der Waals surface area (Å²) in [5.41, 5.74) is 2.94. The molecule has 104 valence electrons. The van der Waals surface area contributed by atoms with E-state index < -0.39 is 6.10 Å². The third kappa shape index (κ3) is 3.58. The summed E-state index contributed by atoms with van der Waals surface area (Å²) < 4.78 is 0. The van der Waals surface area contributed by atoms with Crippen molar-refractivity contribution < 1.29 is 5.11 Å². The fourth-order valence-electron chi connectivity index (χ4n) is 2.15. The Labute approximate surface area is 121 Å². The molecule has 1 heteroatoms. The molecule has 1 N–H and O–H groups in total. The van der Waals surface area contributed by atoms with Crippen LogP contribution in [0.2, 0.25) is 0 Å². The summed E-state index contributed by atoms with van der Waals surface area (Å²) >= 11 is 0. The Kier molecular flexibility index (Phi) is 4.41. The van der Waals surface area contributed by atoms with Gasteiger partial charge in [0.2, 0.25) is 0 Å². The van der Waals surface area contributed by atoms with Gasteiger partial charge in [-0.05, 0) is 28.2 Å². The van der Waals surface area contributed by atoms with Crippen molar-refractivity contribution in [1.82, 2.24) is 0 Å². The molecule has 0 radical (unpaired) electrons. The smallest absolute Gasteiger partial charge is 0.0844 e. The molecule has 2 rings (SSSR count). The number of aliphatic hydroxyl groups is 1. The molecule has 0 fully saturated rings. The SMILES string of the molecule is CC(C)(C)C(O)/C(=C/c1ccccc1)c1ccccc1. The van der Waals surface area contributed by atoms with Crippen LogP contribution in [0.25, 0.3) is 11.6 Å². The zero-order chi connectivity index (χ0) is 14.6. The van der Waals surface area contributed by atoms with Crippen molar-refractivity contribution in [3.8, 4) is 0 Å². The Morgan fingerprint density at radius 1 is 0.900 bits per heavy atom. The zero-order valence-corrected chi connectivity index (χ0v) is 12.4. The van der Waals surface area contributed by atoms with Crippen molar-refractivity contribution in [2.24, 2.45) is 5.41 Å². The van der Waals surface area contributed by atoms with Crippen LogP contribution in [0.5, 0.6) is 0 Å². The first-order valence-corrected chi connectivity index (χ1v) is 6.98. The van der Waals surface area contributed by atoms with Crippen LogP contribution < -0.4 is 0 Å². The second-order valence-corrected chi connectivity index (χ2v) is 6.14. The zero-order valence-electron chi connectivity index (χ0n) is 12.4. The lowest BCUT2D eigenvalue weighted by molar-refractivity contribution is 0.115. The second-order valence-electron chi connectivity index (χ2n) is 6.14. The Balaban J connectivity index is 2.48. The molecule has 2 aromatic carbocycles. The number of rotatable bonds is 3. The average Bonchev–Trinajstić information content (AvgIpc) is 2.45. The lowest BCUT2D eigenvalue weighted by Crippen LogP contribution is -2.27. The van der Waals surface area contributed by atoms with Crippen molar-refractivity contribution in [2.75, 3.05) is 0 Å². The minimum absolute atomic E-state index is 0.198. The van der Waals surface area contributed by atoms with E-state index in [1.807, 2.05) is 48.5 Å². The van der Waals surface area contributed by atoms with Gasteiger partial charge in [-0.15, -0.1) is 0 Å². The van der Waals surface area contributed by atoms with Gasteiger partial charge in [0.25, 0.3) is 0 Å². The van der Waals surface area contributed by atoms with E-state index in [2.05, 4.69) is 39.0 Å². The standard InChI is InChI=1S/C19H22O/c1-19(2,3)18(20)17(16-12-8-5-9-13-16)14-15-10-6-4-7-11-15/h4-14,18,20H,1-3H3/b17-14+. The highest BCUT2D eigenvalue weighted by Crippen LogP contribution is 2.32.